The number of benzene rings is 1. The average molecular weight is 286 g/mol. The van der Waals surface area contributed by atoms with Gasteiger partial charge in [-0.1, -0.05) is 0 Å². The highest BCUT2D eigenvalue weighted by Gasteiger charge is 2.41. The van der Waals surface area contributed by atoms with Crippen molar-refractivity contribution >= 4 is 17.4 Å². The molecule has 6 heteroatoms. The summed E-state index contributed by atoms with van der Waals surface area (Å²) in [7, 11) is 0. The molecule has 0 aliphatic heterocycles. The molecule has 1 aromatic rings. The van der Waals surface area contributed by atoms with E-state index in [9.17, 15) is 13.2 Å². The van der Waals surface area contributed by atoms with Gasteiger partial charge in [0.05, 0.1) is 17.2 Å². The fourth-order valence-corrected chi connectivity index (χ4v) is 2.58. The zero-order valence-electron chi connectivity index (χ0n) is 10.3. The van der Waals surface area contributed by atoms with Crippen LogP contribution in [0.15, 0.2) is 18.2 Å². The molecular weight excluding hydrogens is 273 g/mol. The highest BCUT2D eigenvalue weighted by atomic mass is 32.2. The minimum atomic E-state index is -4.49. The highest BCUT2D eigenvalue weighted by Crippen LogP contribution is 2.47. The van der Waals surface area contributed by atoms with Crippen LogP contribution in [0.3, 0.4) is 0 Å². The zero-order chi connectivity index (χ0) is 14.1. The summed E-state index contributed by atoms with van der Waals surface area (Å²) in [5.41, 5.74) is -0.664. The Hall–Kier alpha value is -1.35. The van der Waals surface area contributed by atoms with Crippen LogP contribution in [-0.4, -0.2) is 17.5 Å². The molecular formula is C13H13F3N2S. The van der Waals surface area contributed by atoms with E-state index in [1.165, 1.54) is 12.1 Å². The van der Waals surface area contributed by atoms with Gasteiger partial charge in [0, 0.05) is 17.0 Å². The summed E-state index contributed by atoms with van der Waals surface area (Å²) in [6, 6.07) is 5.20. The first-order valence-corrected chi connectivity index (χ1v) is 7.03. The summed E-state index contributed by atoms with van der Waals surface area (Å²) in [6.07, 6.45) is -0.220. The number of anilines is 1. The second-order valence-electron chi connectivity index (χ2n) is 4.61. The van der Waals surface area contributed by atoms with Crippen LogP contribution >= 0.6 is 11.8 Å². The quantitative estimate of drug-likeness (QED) is 0.912. The van der Waals surface area contributed by atoms with Crippen molar-refractivity contribution in [1.29, 1.82) is 5.26 Å². The second-order valence-corrected chi connectivity index (χ2v) is 5.88. The minimum Gasteiger partial charge on any atom is -0.384 e. The zero-order valence-corrected chi connectivity index (χ0v) is 11.2. The second kappa shape index (κ2) is 4.97. The molecule has 0 bridgehead atoms. The first-order valence-electron chi connectivity index (χ1n) is 5.81. The molecule has 1 N–H and O–H groups in total. The van der Waals surface area contributed by atoms with Crippen molar-refractivity contribution < 1.29 is 13.2 Å². The molecule has 1 fully saturated rings. The third-order valence-corrected chi connectivity index (χ3v) is 4.72. The number of halogens is 3. The van der Waals surface area contributed by atoms with Gasteiger partial charge in [-0.3, -0.25) is 0 Å². The molecule has 0 heterocycles. The summed E-state index contributed by atoms with van der Waals surface area (Å²) >= 11 is 1.77. The molecule has 1 aromatic carbocycles. The Morgan fingerprint density at radius 1 is 1.42 bits per heavy atom. The summed E-state index contributed by atoms with van der Waals surface area (Å²) in [4.78, 5) is 0. The molecule has 2 nitrogen and oxygen atoms in total. The molecule has 0 saturated heterocycles. The molecule has 102 valence electrons. The van der Waals surface area contributed by atoms with Crippen molar-refractivity contribution in [2.24, 2.45) is 0 Å². The lowest BCUT2D eigenvalue weighted by Crippen LogP contribution is -2.17. The molecule has 0 radical (unpaired) electrons. The number of thioether (sulfide) groups is 1. The number of nitriles is 1. The number of nitrogens with zero attached hydrogens (tertiary/aromatic N) is 1. The van der Waals surface area contributed by atoms with E-state index in [1.54, 1.807) is 17.8 Å². The van der Waals surface area contributed by atoms with Gasteiger partial charge in [0.15, 0.2) is 0 Å². The summed E-state index contributed by atoms with van der Waals surface area (Å²) < 4.78 is 38.1. The van der Waals surface area contributed by atoms with Crippen LogP contribution in [0.5, 0.6) is 0 Å². The smallest absolute Gasteiger partial charge is 0.384 e. The lowest BCUT2D eigenvalue weighted by atomic mass is 10.1. The topological polar surface area (TPSA) is 35.8 Å². The summed E-state index contributed by atoms with van der Waals surface area (Å²) in [6.45, 7) is 0.713. The summed E-state index contributed by atoms with van der Waals surface area (Å²) in [5.74, 6) is 0. The number of rotatable bonds is 4. The van der Waals surface area contributed by atoms with Gasteiger partial charge in [0.2, 0.25) is 0 Å². The molecule has 0 aromatic heterocycles. The van der Waals surface area contributed by atoms with Crippen molar-refractivity contribution in [3.63, 3.8) is 0 Å². The Balaban J connectivity index is 2.14. The predicted molar refractivity (Wildman–Crippen MR) is 70.1 cm³/mol. The third kappa shape index (κ3) is 3.16. The Labute approximate surface area is 114 Å². The van der Waals surface area contributed by atoms with Crippen molar-refractivity contribution in [3.05, 3.63) is 29.3 Å². The van der Waals surface area contributed by atoms with Gasteiger partial charge >= 0.3 is 6.18 Å². The van der Waals surface area contributed by atoms with Crippen LogP contribution in [0, 0.1) is 11.3 Å². The largest absolute Gasteiger partial charge is 0.417 e. The molecule has 0 atom stereocenters. The Morgan fingerprint density at radius 3 is 2.58 bits per heavy atom. The number of alkyl halides is 3. The first-order chi connectivity index (χ1) is 8.90. The van der Waals surface area contributed by atoms with Crippen LogP contribution in [0.25, 0.3) is 0 Å². The third-order valence-electron chi connectivity index (χ3n) is 3.30. The molecule has 1 aliphatic rings. The number of hydrogen-bond acceptors (Lipinski definition) is 3. The number of hydrogen-bond donors (Lipinski definition) is 1. The Kier molecular flexibility index (Phi) is 3.68. The van der Waals surface area contributed by atoms with E-state index in [-0.39, 0.29) is 10.3 Å². The van der Waals surface area contributed by atoms with Gasteiger partial charge in [-0.2, -0.15) is 30.2 Å². The lowest BCUT2D eigenvalue weighted by molar-refractivity contribution is -0.137. The first kappa shape index (κ1) is 14.1. The van der Waals surface area contributed by atoms with Gasteiger partial charge in [-0.15, -0.1) is 0 Å². The van der Waals surface area contributed by atoms with E-state index in [4.69, 9.17) is 5.26 Å². The minimum absolute atomic E-state index is 0.218. The SMILES string of the molecule is CSC1(CNc2ccc(C(F)(F)F)c(C#N)c2)CC1. The van der Waals surface area contributed by atoms with Crippen LogP contribution in [-0.2, 0) is 6.18 Å². The van der Waals surface area contributed by atoms with Crippen LogP contribution < -0.4 is 5.32 Å². The van der Waals surface area contributed by atoms with E-state index in [1.807, 2.05) is 6.26 Å². The fraction of sp³-hybridized carbons (Fsp3) is 0.462. The van der Waals surface area contributed by atoms with Gasteiger partial charge < -0.3 is 5.32 Å². The maximum atomic E-state index is 12.6. The maximum absolute atomic E-state index is 12.6. The lowest BCUT2D eigenvalue weighted by Gasteiger charge is -2.15. The van der Waals surface area contributed by atoms with E-state index in [0.29, 0.717) is 12.2 Å². The maximum Gasteiger partial charge on any atom is 0.417 e. The Bertz CT molecular complexity index is 516. The monoisotopic (exact) mass is 286 g/mol. The number of nitrogens with one attached hydrogen (secondary N) is 1. The predicted octanol–water partition coefficient (Wildman–Crippen LogP) is 3.88. The molecule has 0 spiro atoms. The van der Waals surface area contributed by atoms with E-state index in [0.717, 1.165) is 18.9 Å². The van der Waals surface area contributed by atoms with Crippen LogP contribution in [0.2, 0.25) is 0 Å². The van der Waals surface area contributed by atoms with E-state index < -0.39 is 11.7 Å². The van der Waals surface area contributed by atoms with Crippen LogP contribution in [0.4, 0.5) is 18.9 Å². The molecule has 0 unspecified atom stereocenters. The molecule has 1 saturated carbocycles. The van der Waals surface area contributed by atoms with Crippen molar-refractivity contribution in [2.75, 3.05) is 18.1 Å². The van der Waals surface area contributed by atoms with Crippen molar-refractivity contribution in [1.82, 2.24) is 0 Å². The van der Waals surface area contributed by atoms with E-state index >= 15 is 0 Å². The Morgan fingerprint density at radius 2 is 2.11 bits per heavy atom. The van der Waals surface area contributed by atoms with Crippen LogP contribution in [0.1, 0.15) is 24.0 Å². The van der Waals surface area contributed by atoms with Gasteiger partial charge in [0.1, 0.15) is 0 Å². The van der Waals surface area contributed by atoms with Crippen molar-refractivity contribution in [2.45, 2.75) is 23.8 Å². The average Bonchev–Trinajstić information content (AvgIpc) is 3.15. The summed E-state index contributed by atoms with van der Waals surface area (Å²) in [5, 5.41) is 11.9. The van der Waals surface area contributed by atoms with Crippen molar-refractivity contribution in [3.8, 4) is 6.07 Å². The molecule has 19 heavy (non-hydrogen) atoms. The van der Waals surface area contributed by atoms with Gasteiger partial charge in [-0.25, -0.2) is 0 Å². The van der Waals surface area contributed by atoms with E-state index in [2.05, 4.69) is 5.32 Å². The normalized spacial score (nSPS) is 16.8. The van der Waals surface area contributed by atoms with Gasteiger partial charge in [0.25, 0.3) is 0 Å². The van der Waals surface area contributed by atoms with Gasteiger partial charge in [-0.05, 0) is 37.3 Å². The fourth-order valence-electron chi connectivity index (χ4n) is 1.85. The molecule has 0 amide bonds. The molecule has 2 rings (SSSR count). The molecule has 1 aliphatic carbocycles. The standard InChI is InChI=1S/C13H13F3N2S/c1-19-12(4-5-12)8-18-10-2-3-11(13(14,15)16)9(6-10)7-17/h2-3,6,18H,4-5,8H2,1H3. The highest BCUT2D eigenvalue weighted by molar-refractivity contribution is 8.00.